The number of aromatic amines is 1. The molecule has 0 spiro atoms. The topological polar surface area (TPSA) is 121 Å². The molecule has 7 heteroatoms. The minimum Gasteiger partial charge on any atom is -0.404 e. The van der Waals surface area contributed by atoms with Crippen molar-refractivity contribution in [2.45, 2.75) is 44.6 Å². The Balaban J connectivity index is 1.69. The minimum atomic E-state index is -0.379. The van der Waals surface area contributed by atoms with E-state index in [1.165, 1.54) is 11.8 Å². The summed E-state index contributed by atoms with van der Waals surface area (Å²) in [7, 11) is 0. The third-order valence-electron chi connectivity index (χ3n) is 5.72. The zero-order valence-corrected chi connectivity index (χ0v) is 15.5. The van der Waals surface area contributed by atoms with Crippen molar-refractivity contribution >= 4 is 39.0 Å². The van der Waals surface area contributed by atoms with Crippen molar-refractivity contribution < 1.29 is 4.79 Å². The zero-order chi connectivity index (χ0) is 19.3. The second kappa shape index (κ2) is 6.44. The van der Waals surface area contributed by atoms with Crippen LogP contribution in [0.25, 0.3) is 27.4 Å². The van der Waals surface area contributed by atoms with Crippen molar-refractivity contribution in [3.63, 3.8) is 0 Å². The normalized spacial score (nSPS) is 16.9. The molecule has 0 aliphatic heterocycles. The number of pyridine rings is 1. The number of nitrogens with one attached hydrogen (secondary N) is 3. The highest BCUT2D eigenvalue weighted by molar-refractivity contribution is 6.54. The maximum absolute atomic E-state index is 12.5. The quantitative estimate of drug-likeness (QED) is 0.525. The van der Waals surface area contributed by atoms with Gasteiger partial charge in [0.05, 0.1) is 22.9 Å². The van der Waals surface area contributed by atoms with Crippen LogP contribution >= 0.6 is 0 Å². The Bertz CT molecular complexity index is 1150. The average Bonchev–Trinajstić information content (AvgIpc) is 3.40. The summed E-state index contributed by atoms with van der Waals surface area (Å²) in [6.45, 7) is 0. The van der Waals surface area contributed by atoms with Crippen LogP contribution in [0.4, 0.5) is 0 Å². The molecule has 0 radical (unpaired) electrons. The van der Waals surface area contributed by atoms with Crippen molar-refractivity contribution in [2.24, 2.45) is 5.73 Å². The Morgan fingerprint density at radius 1 is 1.25 bits per heavy atom. The summed E-state index contributed by atoms with van der Waals surface area (Å²) in [5, 5.41) is 20.7. The smallest absolute Gasteiger partial charge is 0.270 e. The Morgan fingerprint density at radius 2 is 2.04 bits per heavy atom. The number of aromatic nitrogens is 3. The average molecular weight is 374 g/mol. The molecular weight excluding hydrogens is 352 g/mol. The molecule has 28 heavy (non-hydrogen) atoms. The summed E-state index contributed by atoms with van der Waals surface area (Å²) in [6, 6.07) is 4.13. The fourth-order valence-corrected chi connectivity index (χ4v) is 4.16. The highest BCUT2D eigenvalue weighted by atomic mass is 16.2. The van der Waals surface area contributed by atoms with Crippen LogP contribution < -0.4 is 11.1 Å². The summed E-state index contributed by atoms with van der Waals surface area (Å²) in [5.74, 6) is -0.379. The van der Waals surface area contributed by atoms with Gasteiger partial charge in [0.25, 0.3) is 5.91 Å². The molecule has 2 aliphatic carbocycles. The SMILES string of the molecule is N=C(C(=O)NC1CC1)/C(=C\N)c1nc2ccc3[nH]ncc3c2c2c1CCCC2. The molecule has 5 rings (SSSR count). The van der Waals surface area contributed by atoms with E-state index in [1.807, 2.05) is 18.3 Å². The van der Waals surface area contributed by atoms with Crippen molar-refractivity contribution in [2.75, 3.05) is 0 Å². The fourth-order valence-electron chi connectivity index (χ4n) is 4.16. The van der Waals surface area contributed by atoms with Gasteiger partial charge in [-0.2, -0.15) is 5.10 Å². The highest BCUT2D eigenvalue weighted by Gasteiger charge is 2.29. The lowest BCUT2D eigenvalue weighted by molar-refractivity contribution is -0.114. The molecule has 1 saturated carbocycles. The fraction of sp³-hybridized carbons (Fsp3) is 0.333. The Kier molecular flexibility index (Phi) is 3.89. The summed E-state index contributed by atoms with van der Waals surface area (Å²) in [6.07, 6.45) is 9.15. The van der Waals surface area contributed by atoms with Gasteiger partial charge in [0.1, 0.15) is 5.71 Å². The first-order valence-electron chi connectivity index (χ1n) is 9.77. The van der Waals surface area contributed by atoms with E-state index >= 15 is 0 Å². The summed E-state index contributed by atoms with van der Waals surface area (Å²) in [4.78, 5) is 17.3. The summed E-state index contributed by atoms with van der Waals surface area (Å²) >= 11 is 0. The third-order valence-corrected chi connectivity index (χ3v) is 5.72. The van der Waals surface area contributed by atoms with Gasteiger partial charge in [0.2, 0.25) is 0 Å². The second-order valence-corrected chi connectivity index (χ2v) is 7.62. The van der Waals surface area contributed by atoms with Crippen LogP contribution in [0, 0.1) is 5.41 Å². The molecule has 2 aromatic heterocycles. The third kappa shape index (κ3) is 2.66. The van der Waals surface area contributed by atoms with Gasteiger partial charge in [-0.05, 0) is 61.8 Å². The number of rotatable bonds is 4. The van der Waals surface area contributed by atoms with E-state index in [9.17, 15) is 4.79 Å². The van der Waals surface area contributed by atoms with Crippen molar-refractivity contribution in [1.29, 1.82) is 5.41 Å². The van der Waals surface area contributed by atoms with E-state index in [1.54, 1.807) is 0 Å². The molecule has 0 unspecified atom stereocenters. The number of benzene rings is 1. The van der Waals surface area contributed by atoms with Gasteiger partial charge in [-0.15, -0.1) is 0 Å². The van der Waals surface area contributed by atoms with E-state index in [-0.39, 0.29) is 17.7 Å². The Morgan fingerprint density at radius 3 is 2.79 bits per heavy atom. The van der Waals surface area contributed by atoms with E-state index in [2.05, 4.69) is 15.5 Å². The number of nitrogens with two attached hydrogens (primary N) is 1. The number of H-pyrrole nitrogens is 1. The second-order valence-electron chi connectivity index (χ2n) is 7.62. The van der Waals surface area contributed by atoms with Crippen LogP contribution in [0.1, 0.15) is 42.5 Å². The van der Waals surface area contributed by atoms with Crippen LogP contribution in [-0.4, -0.2) is 32.8 Å². The molecule has 1 amide bonds. The maximum atomic E-state index is 12.5. The number of amides is 1. The van der Waals surface area contributed by atoms with Gasteiger partial charge in [-0.25, -0.2) is 4.98 Å². The lowest BCUT2D eigenvalue weighted by Gasteiger charge is -2.22. The monoisotopic (exact) mass is 374 g/mol. The van der Waals surface area contributed by atoms with E-state index in [0.29, 0.717) is 11.3 Å². The largest absolute Gasteiger partial charge is 0.404 e. The highest BCUT2D eigenvalue weighted by Crippen LogP contribution is 2.36. The summed E-state index contributed by atoms with van der Waals surface area (Å²) in [5.41, 5.74) is 11.1. The molecule has 5 N–H and O–H groups in total. The van der Waals surface area contributed by atoms with Gasteiger partial charge in [0, 0.05) is 28.6 Å². The van der Waals surface area contributed by atoms with E-state index in [4.69, 9.17) is 16.1 Å². The van der Waals surface area contributed by atoms with Crippen molar-refractivity contribution in [3.8, 4) is 0 Å². The molecule has 0 saturated heterocycles. The lowest BCUT2D eigenvalue weighted by atomic mass is 9.85. The molecular formula is C21H22N6O. The molecule has 7 nitrogen and oxygen atoms in total. The van der Waals surface area contributed by atoms with Crippen LogP contribution in [0.15, 0.2) is 24.5 Å². The zero-order valence-electron chi connectivity index (χ0n) is 15.5. The van der Waals surface area contributed by atoms with Crippen LogP contribution in [-0.2, 0) is 17.6 Å². The first kappa shape index (κ1) is 16.9. The number of nitrogens with zero attached hydrogens (tertiary/aromatic N) is 2. The van der Waals surface area contributed by atoms with Crippen LogP contribution in [0.3, 0.4) is 0 Å². The van der Waals surface area contributed by atoms with Gasteiger partial charge < -0.3 is 11.1 Å². The van der Waals surface area contributed by atoms with Gasteiger partial charge in [-0.1, -0.05) is 0 Å². The van der Waals surface area contributed by atoms with Gasteiger partial charge in [0.15, 0.2) is 0 Å². The molecule has 1 aromatic carbocycles. The van der Waals surface area contributed by atoms with Crippen LogP contribution in [0.2, 0.25) is 0 Å². The first-order valence-corrected chi connectivity index (χ1v) is 9.77. The van der Waals surface area contributed by atoms with E-state index in [0.717, 1.165) is 65.9 Å². The minimum absolute atomic E-state index is 0.113. The number of hydrogen-bond donors (Lipinski definition) is 4. The molecule has 2 heterocycles. The molecule has 142 valence electrons. The summed E-state index contributed by atoms with van der Waals surface area (Å²) < 4.78 is 0. The predicted octanol–water partition coefficient (Wildman–Crippen LogP) is 2.59. The molecule has 2 aliphatic rings. The Labute approximate surface area is 161 Å². The molecule has 3 aromatic rings. The predicted molar refractivity (Wildman–Crippen MR) is 109 cm³/mol. The van der Waals surface area contributed by atoms with Gasteiger partial charge >= 0.3 is 0 Å². The standard InChI is InChI=1S/C21H22N6O/c22-9-14(19(23)21(28)25-11-5-6-11)20-13-4-2-1-3-12(13)18-15-10-24-27-16(15)7-8-17(18)26-20/h7-11,23H,1-6,22H2,(H,24,27)(H,25,28)/b14-9+,23-19?. The molecule has 0 atom stereocenters. The number of hydrogen-bond acceptors (Lipinski definition) is 5. The number of aryl methyl sites for hydroxylation is 1. The molecule has 1 fully saturated rings. The number of fused-ring (bicyclic) bond motifs is 5. The van der Waals surface area contributed by atoms with E-state index < -0.39 is 0 Å². The van der Waals surface area contributed by atoms with Gasteiger partial charge in [-0.3, -0.25) is 15.3 Å². The number of carbonyl (C=O) groups is 1. The van der Waals surface area contributed by atoms with Crippen LogP contribution in [0.5, 0.6) is 0 Å². The first-order chi connectivity index (χ1) is 13.7. The van der Waals surface area contributed by atoms with Crippen molar-refractivity contribution in [1.82, 2.24) is 20.5 Å². The maximum Gasteiger partial charge on any atom is 0.270 e. The van der Waals surface area contributed by atoms with Crippen molar-refractivity contribution in [3.05, 3.63) is 41.4 Å². The Hall–Kier alpha value is -3.22. The molecule has 0 bridgehead atoms. The lowest BCUT2D eigenvalue weighted by Crippen LogP contribution is -2.33. The number of carbonyl (C=O) groups excluding carboxylic acids is 1.